The van der Waals surface area contributed by atoms with E-state index in [4.69, 9.17) is 15.2 Å². The minimum Gasteiger partial charge on any atom is -0.457 e. The topological polar surface area (TPSA) is 98.7 Å². The van der Waals surface area contributed by atoms with Crippen molar-refractivity contribution in [3.8, 4) is 22.6 Å². The normalized spacial score (nSPS) is 14.1. The van der Waals surface area contributed by atoms with Crippen molar-refractivity contribution < 1.29 is 14.3 Å². The zero-order valence-electron chi connectivity index (χ0n) is 20.3. The summed E-state index contributed by atoms with van der Waals surface area (Å²) in [5.41, 5.74) is 8.71. The van der Waals surface area contributed by atoms with Crippen LogP contribution in [0.4, 0.5) is 5.82 Å². The quantitative estimate of drug-likeness (QED) is 0.406. The number of carbonyl (C=O) groups is 1. The summed E-state index contributed by atoms with van der Waals surface area (Å²) in [5, 5.41) is 2.47. The largest absolute Gasteiger partial charge is 0.457 e. The molecule has 9 nitrogen and oxygen atoms in total. The fourth-order valence-electron chi connectivity index (χ4n) is 4.40. The Morgan fingerprint density at radius 1 is 1.06 bits per heavy atom. The van der Waals surface area contributed by atoms with Crippen LogP contribution in [0.25, 0.3) is 22.2 Å². The number of benzene rings is 2. The lowest BCUT2D eigenvalue weighted by molar-refractivity contribution is -0.119. The molecule has 36 heavy (non-hydrogen) atoms. The first-order chi connectivity index (χ1) is 17.6. The predicted molar refractivity (Wildman–Crippen MR) is 140 cm³/mol. The number of nitrogens with two attached hydrogens (primary N) is 1. The van der Waals surface area contributed by atoms with Crippen molar-refractivity contribution in [1.82, 2.24) is 19.5 Å². The maximum absolute atomic E-state index is 13.0. The molecule has 0 spiro atoms. The monoisotopic (exact) mass is 486 g/mol. The lowest BCUT2D eigenvalue weighted by atomic mass is 10.1. The molecule has 4 aromatic rings. The van der Waals surface area contributed by atoms with Gasteiger partial charge >= 0.3 is 0 Å². The third-order valence-electron chi connectivity index (χ3n) is 6.32. The smallest absolute Gasteiger partial charge is 0.241 e. The summed E-state index contributed by atoms with van der Waals surface area (Å²) < 4.78 is 13.2. The highest BCUT2D eigenvalue weighted by Crippen LogP contribution is 2.34. The number of nitrogens with zero attached hydrogens (tertiary/aromatic N) is 5. The van der Waals surface area contributed by atoms with Crippen molar-refractivity contribution in [3.05, 3.63) is 67.1 Å². The highest BCUT2D eigenvalue weighted by atomic mass is 16.5. The number of amides is 1. The van der Waals surface area contributed by atoms with E-state index in [0.29, 0.717) is 37.6 Å². The number of hydrogen-bond donors (Lipinski definition) is 1. The van der Waals surface area contributed by atoms with E-state index in [-0.39, 0.29) is 5.91 Å². The fourth-order valence-corrected chi connectivity index (χ4v) is 4.40. The molecule has 3 heterocycles. The zero-order chi connectivity index (χ0) is 24.9. The van der Waals surface area contributed by atoms with Crippen molar-refractivity contribution in [2.75, 3.05) is 50.1 Å². The highest BCUT2D eigenvalue weighted by Gasteiger charge is 2.23. The van der Waals surface area contributed by atoms with E-state index in [2.05, 4.69) is 14.9 Å². The Kier molecular flexibility index (Phi) is 7.11. The van der Waals surface area contributed by atoms with Gasteiger partial charge in [0.2, 0.25) is 5.91 Å². The Hall–Kier alpha value is -3.95. The molecule has 1 aliphatic rings. The van der Waals surface area contributed by atoms with E-state index in [9.17, 15) is 4.79 Å². The Balaban J connectivity index is 1.48. The summed E-state index contributed by atoms with van der Waals surface area (Å²) in [6.07, 6.45) is 3.74. The Morgan fingerprint density at radius 3 is 2.50 bits per heavy atom. The molecule has 1 aliphatic heterocycles. The van der Waals surface area contributed by atoms with E-state index in [0.717, 1.165) is 47.6 Å². The molecular weight excluding hydrogens is 456 g/mol. The molecule has 9 heteroatoms. The van der Waals surface area contributed by atoms with Crippen LogP contribution in [0.5, 0.6) is 11.5 Å². The minimum atomic E-state index is 0.00972. The number of aromatic nitrogens is 3. The van der Waals surface area contributed by atoms with Crippen LogP contribution in [0.15, 0.2) is 67.1 Å². The SMILES string of the molecule is CCC(=O)N(CCN1CCOCC1)n1cc(-c2ccc(Oc3ccccc3)cc2)c2c(N)ncnc21. The van der Waals surface area contributed by atoms with Crippen molar-refractivity contribution in [1.29, 1.82) is 0 Å². The fraction of sp³-hybridized carbons (Fsp3) is 0.296. The zero-order valence-corrected chi connectivity index (χ0v) is 20.3. The number of anilines is 1. The number of hydrogen-bond acceptors (Lipinski definition) is 7. The molecule has 0 bridgehead atoms. The standard InChI is InChI=1S/C27H30N6O3/c1-2-24(34)32(13-12-31-14-16-35-17-15-31)33-18-23(25-26(28)29-19-30-27(25)33)20-8-10-22(11-9-20)36-21-6-4-3-5-7-21/h3-11,18-19H,2,12-17H2,1H3,(H2,28,29,30). The lowest BCUT2D eigenvalue weighted by Crippen LogP contribution is -2.47. The van der Waals surface area contributed by atoms with Crippen molar-refractivity contribution in [3.63, 3.8) is 0 Å². The summed E-state index contributed by atoms with van der Waals surface area (Å²) >= 11 is 0. The Bertz CT molecular complexity index is 1320. The number of nitrogen functional groups attached to an aromatic ring is 1. The highest BCUT2D eigenvalue weighted by molar-refractivity contribution is 6.02. The van der Waals surface area contributed by atoms with Gasteiger partial charge in [-0.15, -0.1) is 0 Å². The molecule has 186 valence electrons. The number of para-hydroxylation sites is 1. The summed E-state index contributed by atoms with van der Waals surface area (Å²) in [5.74, 6) is 1.88. The van der Waals surface area contributed by atoms with Crippen LogP contribution in [-0.2, 0) is 9.53 Å². The molecule has 0 radical (unpaired) electrons. The first-order valence-corrected chi connectivity index (χ1v) is 12.2. The van der Waals surface area contributed by atoms with Gasteiger partial charge in [0.05, 0.1) is 25.1 Å². The number of ether oxygens (including phenoxy) is 2. The van der Waals surface area contributed by atoms with Gasteiger partial charge < -0.3 is 15.2 Å². The molecule has 2 N–H and O–H groups in total. The molecule has 0 unspecified atom stereocenters. The van der Waals surface area contributed by atoms with Gasteiger partial charge in [-0.25, -0.2) is 19.7 Å². The third kappa shape index (κ3) is 5.02. The van der Waals surface area contributed by atoms with Crippen LogP contribution in [0.1, 0.15) is 13.3 Å². The summed E-state index contributed by atoms with van der Waals surface area (Å²) in [6, 6.07) is 17.4. The van der Waals surface area contributed by atoms with Crippen LogP contribution >= 0.6 is 0 Å². The van der Waals surface area contributed by atoms with Crippen LogP contribution < -0.4 is 15.5 Å². The molecule has 2 aromatic carbocycles. The average Bonchev–Trinajstić information content (AvgIpc) is 3.31. The number of carbonyl (C=O) groups excluding carboxylic acids is 1. The van der Waals surface area contributed by atoms with E-state index in [1.165, 1.54) is 6.33 Å². The number of rotatable bonds is 8. The van der Waals surface area contributed by atoms with E-state index >= 15 is 0 Å². The van der Waals surface area contributed by atoms with Gasteiger partial charge in [-0.05, 0) is 29.8 Å². The summed E-state index contributed by atoms with van der Waals surface area (Å²) in [7, 11) is 0. The number of morpholine rings is 1. The molecule has 0 atom stereocenters. The van der Waals surface area contributed by atoms with E-state index in [1.54, 1.807) is 5.01 Å². The van der Waals surface area contributed by atoms with Crippen LogP contribution in [0.3, 0.4) is 0 Å². The van der Waals surface area contributed by atoms with Gasteiger partial charge in [0, 0.05) is 37.8 Å². The predicted octanol–water partition coefficient (Wildman–Crippen LogP) is 3.68. The molecule has 1 fully saturated rings. The Morgan fingerprint density at radius 2 is 1.78 bits per heavy atom. The van der Waals surface area contributed by atoms with Gasteiger partial charge in [0.15, 0.2) is 5.65 Å². The molecule has 5 rings (SSSR count). The molecule has 0 saturated carbocycles. The van der Waals surface area contributed by atoms with Gasteiger partial charge in [-0.2, -0.15) is 0 Å². The van der Waals surface area contributed by atoms with Crippen LogP contribution in [0.2, 0.25) is 0 Å². The van der Waals surface area contributed by atoms with Crippen molar-refractivity contribution in [2.45, 2.75) is 13.3 Å². The van der Waals surface area contributed by atoms with Crippen molar-refractivity contribution in [2.24, 2.45) is 0 Å². The maximum atomic E-state index is 13.0. The van der Waals surface area contributed by atoms with Crippen molar-refractivity contribution >= 4 is 22.8 Å². The maximum Gasteiger partial charge on any atom is 0.241 e. The molecule has 2 aromatic heterocycles. The third-order valence-corrected chi connectivity index (χ3v) is 6.32. The van der Waals surface area contributed by atoms with Crippen LogP contribution in [0, 0.1) is 0 Å². The van der Waals surface area contributed by atoms with Gasteiger partial charge in [0.1, 0.15) is 23.6 Å². The second-order valence-corrected chi connectivity index (χ2v) is 8.61. The molecule has 1 amide bonds. The van der Waals surface area contributed by atoms with E-state index < -0.39 is 0 Å². The Labute approximate surface area is 210 Å². The molecule has 1 saturated heterocycles. The second-order valence-electron chi connectivity index (χ2n) is 8.61. The summed E-state index contributed by atoms with van der Waals surface area (Å²) in [4.78, 5) is 24.1. The second kappa shape index (κ2) is 10.8. The first-order valence-electron chi connectivity index (χ1n) is 12.2. The number of fused-ring (bicyclic) bond motifs is 1. The lowest BCUT2D eigenvalue weighted by Gasteiger charge is -2.30. The molecule has 0 aliphatic carbocycles. The average molecular weight is 487 g/mol. The van der Waals surface area contributed by atoms with Crippen LogP contribution in [-0.4, -0.2) is 64.8 Å². The van der Waals surface area contributed by atoms with Gasteiger partial charge in [-0.1, -0.05) is 37.3 Å². The molecular formula is C27H30N6O3. The minimum absolute atomic E-state index is 0.00972. The summed E-state index contributed by atoms with van der Waals surface area (Å²) in [6.45, 7) is 6.29. The van der Waals surface area contributed by atoms with Gasteiger partial charge in [0.25, 0.3) is 0 Å². The first kappa shape index (κ1) is 23.8. The van der Waals surface area contributed by atoms with Gasteiger partial charge in [-0.3, -0.25) is 9.69 Å². The van der Waals surface area contributed by atoms with E-state index in [1.807, 2.05) is 72.4 Å².